The number of nitrogens with one attached hydrogen (secondary N) is 1. The Kier molecular flexibility index (Phi) is 3.60. The van der Waals surface area contributed by atoms with Crippen LogP contribution >= 0.6 is 0 Å². The minimum Gasteiger partial charge on any atom is -0.505 e. The van der Waals surface area contributed by atoms with Gasteiger partial charge < -0.3 is 10.4 Å². The van der Waals surface area contributed by atoms with E-state index >= 15 is 0 Å². The number of halogens is 1. The molecule has 0 radical (unpaired) electrons. The number of aryl methyl sites for hydroxylation is 1. The van der Waals surface area contributed by atoms with E-state index in [0.29, 0.717) is 5.69 Å². The minimum atomic E-state index is -0.739. The van der Waals surface area contributed by atoms with Gasteiger partial charge >= 0.3 is 0 Å². The van der Waals surface area contributed by atoms with E-state index < -0.39 is 11.6 Å². The lowest BCUT2D eigenvalue weighted by atomic mass is 9.82. The van der Waals surface area contributed by atoms with Gasteiger partial charge in [0.15, 0.2) is 11.6 Å². The highest BCUT2D eigenvalue weighted by atomic mass is 19.1. The fourth-order valence-electron chi connectivity index (χ4n) is 2.84. The second kappa shape index (κ2) is 5.56. The molecule has 0 saturated heterocycles. The molecule has 0 bridgehead atoms. The molecule has 1 atom stereocenters. The molecule has 4 heteroatoms. The van der Waals surface area contributed by atoms with Gasteiger partial charge in [-0.2, -0.15) is 0 Å². The lowest BCUT2D eigenvalue weighted by Gasteiger charge is -2.24. The molecule has 0 saturated carbocycles. The number of benzene rings is 2. The number of amides is 1. The summed E-state index contributed by atoms with van der Waals surface area (Å²) in [7, 11) is 0. The molecule has 2 N–H and O–H groups in total. The van der Waals surface area contributed by atoms with Crippen LogP contribution in [0.25, 0.3) is 0 Å². The zero-order valence-corrected chi connectivity index (χ0v) is 11.5. The zero-order valence-electron chi connectivity index (χ0n) is 11.5. The van der Waals surface area contributed by atoms with Gasteiger partial charge in [0.25, 0.3) is 0 Å². The maximum atomic E-state index is 13.3. The van der Waals surface area contributed by atoms with E-state index in [-0.39, 0.29) is 11.8 Å². The molecule has 2 aromatic rings. The van der Waals surface area contributed by atoms with E-state index in [4.69, 9.17) is 5.11 Å². The third kappa shape index (κ3) is 2.75. The Bertz CT molecular complexity index is 684. The number of phenols is 1. The predicted octanol–water partition coefficient (Wildman–Crippen LogP) is 3.59. The van der Waals surface area contributed by atoms with E-state index in [2.05, 4.69) is 11.4 Å². The van der Waals surface area contributed by atoms with Gasteiger partial charge in [0.1, 0.15) is 0 Å². The SMILES string of the molecule is O=C(Nc1ccc(O)c(F)c1)C1CCCc2ccccc21. The van der Waals surface area contributed by atoms with Crippen LogP contribution in [0.15, 0.2) is 42.5 Å². The smallest absolute Gasteiger partial charge is 0.231 e. The molecule has 1 aliphatic rings. The number of anilines is 1. The van der Waals surface area contributed by atoms with E-state index in [1.54, 1.807) is 0 Å². The molecule has 0 aromatic heterocycles. The number of rotatable bonds is 2. The van der Waals surface area contributed by atoms with E-state index in [1.165, 1.54) is 17.7 Å². The van der Waals surface area contributed by atoms with Crippen molar-refractivity contribution in [1.29, 1.82) is 0 Å². The van der Waals surface area contributed by atoms with Crippen LogP contribution in [0, 0.1) is 5.82 Å². The number of hydrogen-bond donors (Lipinski definition) is 2. The van der Waals surface area contributed by atoms with Crippen LogP contribution < -0.4 is 5.32 Å². The van der Waals surface area contributed by atoms with Crippen molar-refractivity contribution in [3.8, 4) is 5.75 Å². The highest BCUT2D eigenvalue weighted by molar-refractivity contribution is 5.96. The molecule has 3 rings (SSSR count). The fourth-order valence-corrected chi connectivity index (χ4v) is 2.84. The van der Waals surface area contributed by atoms with Crippen LogP contribution in [-0.2, 0) is 11.2 Å². The maximum absolute atomic E-state index is 13.3. The summed E-state index contributed by atoms with van der Waals surface area (Å²) in [5, 5.41) is 11.9. The van der Waals surface area contributed by atoms with Crippen LogP contribution in [0.2, 0.25) is 0 Å². The molecule has 0 fully saturated rings. The number of phenolic OH excluding ortho intramolecular Hbond substituents is 1. The normalized spacial score (nSPS) is 17.1. The van der Waals surface area contributed by atoms with E-state index in [0.717, 1.165) is 30.9 Å². The number of fused-ring (bicyclic) bond motifs is 1. The lowest BCUT2D eigenvalue weighted by molar-refractivity contribution is -0.117. The highest BCUT2D eigenvalue weighted by Crippen LogP contribution is 2.32. The Morgan fingerprint density at radius 1 is 1.24 bits per heavy atom. The standard InChI is InChI=1S/C17H16FNO2/c18-15-10-12(8-9-16(15)20)19-17(21)14-7-3-5-11-4-1-2-6-13(11)14/h1-2,4,6,8-10,14,20H,3,5,7H2,(H,19,21). The number of carbonyl (C=O) groups is 1. The fraction of sp³-hybridized carbons (Fsp3) is 0.235. The van der Waals surface area contributed by atoms with Crippen LogP contribution in [0.4, 0.5) is 10.1 Å². The molecule has 2 aromatic carbocycles. The number of hydrogen-bond acceptors (Lipinski definition) is 2. The van der Waals surface area contributed by atoms with Crippen molar-refractivity contribution in [2.24, 2.45) is 0 Å². The first-order valence-electron chi connectivity index (χ1n) is 7.02. The number of carbonyl (C=O) groups excluding carboxylic acids is 1. The van der Waals surface area contributed by atoms with Gasteiger partial charge in [-0.15, -0.1) is 0 Å². The number of aromatic hydroxyl groups is 1. The van der Waals surface area contributed by atoms with Gasteiger partial charge in [0, 0.05) is 11.8 Å². The first-order chi connectivity index (χ1) is 10.1. The maximum Gasteiger partial charge on any atom is 0.231 e. The quantitative estimate of drug-likeness (QED) is 0.828. The van der Waals surface area contributed by atoms with Crippen LogP contribution in [0.1, 0.15) is 29.9 Å². The minimum absolute atomic E-state index is 0.132. The molecule has 3 nitrogen and oxygen atoms in total. The summed E-state index contributed by atoms with van der Waals surface area (Å²) in [6.45, 7) is 0. The molecule has 1 amide bonds. The molecule has 1 unspecified atom stereocenters. The zero-order chi connectivity index (χ0) is 14.8. The molecule has 0 spiro atoms. The summed E-state index contributed by atoms with van der Waals surface area (Å²) < 4.78 is 13.3. The van der Waals surface area contributed by atoms with Crippen molar-refractivity contribution in [3.05, 3.63) is 59.4 Å². The van der Waals surface area contributed by atoms with Crippen LogP contribution in [0.3, 0.4) is 0 Å². The third-order valence-electron chi connectivity index (χ3n) is 3.90. The summed E-state index contributed by atoms with van der Waals surface area (Å²) in [6, 6.07) is 11.8. The average Bonchev–Trinajstić information content (AvgIpc) is 2.50. The second-order valence-electron chi connectivity index (χ2n) is 5.30. The van der Waals surface area contributed by atoms with Gasteiger partial charge in [-0.25, -0.2) is 4.39 Å². The van der Waals surface area contributed by atoms with Crippen molar-refractivity contribution in [1.82, 2.24) is 0 Å². The van der Waals surface area contributed by atoms with E-state index in [1.807, 2.05) is 18.2 Å². The summed E-state index contributed by atoms with van der Waals surface area (Å²) in [5.74, 6) is -1.49. The topological polar surface area (TPSA) is 49.3 Å². The monoisotopic (exact) mass is 285 g/mol. The Balaban J connectivity index is 1.81. The van der Waals surface area contributed by atoms with E-state index in [9.17, 15) is 9.18 Å². The average molecular weight is 285 g/mol. The molecular weight excluding hydrogens is 269 g/mol. The Labute approximate surface area is 122 Å². The molecule has 0 aliphatic heterocycles. The molecular formula is C17H16FNO2. The Morgan fingerprint density at radius 2 is 2.05 bits per heavy atom. The second-order valence-corrected chi connectivity index (χ2v) is 5.30. The van der Waals surface area contributed by atoms with Crippen LogP contribution in [0.5, 0.6) is 5.75 Å². The lowest BCUT2D eigenvalue weighted by Crippen LogP contribution is -2.24. The van der Waals surface area contributed by atoms with Gasteiger partial charge in [-0.05, 0) is 42.5 Å². The predicted molar refractivity (Wildman–Crippen MR) is 78.8 cm³/mol. The largest absolute Gasteiger partial charge is 0.505 e. The van der Waals surface area contributed by atoms with Gasteiger partial charge in [-0.3, -0.25) is 4.79 Å². The summed E-state index contributed by atoms with van der Waals surface area (Å²) in [5.41, 5.74) is 2.62. The Morgan fingerprint density at radius 3 is 2.86 bits per heavy atom. The van der Waals surface area contributed by atoms with Crippen molar-refractivity contribution >= 4 is 11.6 Å². The van der Waals surface area contributed by atoms with Gasteiger partial charge in [-0.1, -0.05) is 24.3 Å². The Hall–Kier alpha value is -2.36. The molecule has 0 heterocycles. The van der Waals surface area contributed by atoms with Gasteiger partial charge in [0.05, 0.1) is 5.92 Å². The first-order valence-corrected chi connectivity index (χ1v) is 7.02. The molecule has 1 aliphatic carbocycles. The molecule has 21 heavy (non-hydrogen) atoms. The van der Waals surface area contributed by atoms with Crippen molar-refractivity contribution in [2.45, 2.75) is 25.2 Å². The van der Waals surface area contributed by atoms with Crippen LogP contribution in [-0.4, -0.2) is 11.0 Å². The summed E-state index contributed by atoms with van der Waals surface area (Å²) >= 11 is 0. The highest BCUT2D eigenvalue weighted by Gasteiger charge is 2.26. The first kappa shape index (κ1) is 13.6. The van der Waals surface area contributed by atoms with Crippen molar-refractivity contribution in [3.63, 3.8) is 0 Å². The van der Waals surface area contributed by atoms with Crippen molar-refractivity contribution < 1.29 is 14.3 Å². The van der Waals surface area contributed by atoms with Crippen molar-refractivity contribution in [2.75, 3.05) is 5.32 Å². The molecule has 108 valence electrons. The summed E-state index contributed by atoms with van der Waals surface area (Å²) in [6.07, 6.45) is 2.76. The summed E-state index contributed by atoms with van der Waals surface area (Å²) in [4.78, 5) is 12.4. The third-order valence-corrected chi connectivity index (χ3v) is 3.90. The van der Waals surface area contributed by atoms with Gasteiger partial charge in [0.2, 0.25) is 5.91 Å².